The van der Waals surface area contributed by atoms with Crippen LogP contribution in [-0.2, 0) is 24.3 Å². The monoisotopic (exact) mass is 305 g/mol. The third kappa shape index (κ3) is 5.50. The number of nitrogens with one attached hydrogen (secondary N) is 1. The summed E-state index contributed by atoms with van der Waals surface area (Å²) < 4.78 is 10.9. The van der Waals surface area contributed by atoms with E-state index in [1.807, 2.05) is 23.5 Å². The van der Waals surface area contributed by atoms with Crippen LogP contribution in [-0.4, -0.2) is 20.3 Å². The lowest BCUT2D eigenvalue weighted by atomic mass is 10.2. The van der Waals surface area contributed by atoms with Gasteiger partial charge >= 0.3 is 0 Å². The van der Waals surface area contributed by atoms with Gasteiger partial charge in [-0.3, -0.25) is 0 Å². The van der Waals surface area contributed by atoms with E-state index in [9.17, 15) is 0 Å². The standard InChI is InChI=1S/C17H23NO2S/c1-3-16-7-8-17(21-16)13-20-15-6-4-5-14(11-15)12-18-9-10-19-2/h4-8,11,18H,3,9-10,12-13H2,1-2H3. The molecular weight excluding hydrogens is 282 g/mol. The van der Waals surface area contributed by atoms with Gasteiger partial charge in [-0.25, -0.2) is 0 Å². The second-order valence-corrected chi connectivity index (χ2v) is 6.08. The fourth-order valence-corrected chi connectivity index (χ4v) is 2.87. The van der Waals surface area contributed by atoms with Gasteiger partial charge in [0.2, 0.25) is 0 Å². The Morgan fingerprint density at radius 2 is 2.00 bits per heavy atom. The van der Waals surface area contributed by atoms with Crippen molar-refractivity contribution >= 4 is 11.3 Å². The smallest absolute Gasteiger partial charge is 0.122 e. The number of benzene rings is 1. The summed E-state index contributed by atoms with van der Waals surface area (Å²) in [6, 6.07) is 12.6. The molecule has 0 fully saturated rings. The molecule has 1 N–H and O–H groups in total. The molecule has 0 unspecified atom stereocenters. The molecular formula is C17H23NO2S. The number of hydrogen-bond acceptors (Lipinski definition) is 4. The Balaban J connectivity index is 1.82. The first kappa shape index (κ1) is 16.0. The summed E-state index contributed by atoms with van der Waals surface area (Å²) in [7, 11) is 1.71. The van der Waals surface area contributed by atoms with Crippen LogP contribution in [0.25, 0.3) is 0 Å². The van der Waals surface area contributed by atoms with Crippen molar-refractivity contribution in [2.24, 2.45) is 0 Å². The van der Waals surface area contributed by atoms with Gasteiger partial charge in [0.05, 0.1) is 6.61 Å². The van der Waals surface area contributed by atoms with Gasteiger partial charge in [0.1, 0.15) is 12.4 Å². The predicted molar refractivity (Wildman–Crippen MR) is 88.1 cm³/mol. The van der Waals surface area contributed by atoms with E-state index in [0.29, 0.717) is 6.61 Å². The first-order chi connectivity index (χ1) is 10.3. The zero-order valence-corrected chi connectivity index (χ0v) is 13.5. The van der Waals surface area contributed by atoms with Gasteiger partial charge < -0.3 is 14.8 Å². The molecule has 3 nitrogen and oxygen atoms in total. The number of rotatable bonds is 9. The molecule has 0 aliphatic heterocycles. The van der Waals surface area contributed by atoms with Crippen LogP contribution in [0.4, 0.5) is 0 Å². The minimum Gasteiger partial charge on any atom is -0.488 e. The summed E-state index contributed by atoms with van der Waals surface area (Å²) in [6.45, 7) is 5.24. The molecule has 0 aliphatic rings. The third-order valence-electron chi connectivity index (χ3n) is 3.16. The van der Waals surface area contributed by atoms with Crippen molar-refractivity contribution in [1.82, 2.24) is 5.32 Å². The molecule has 0 bridgehead atoms. The van der Waals surface area contributed by atoms with Crippen LogP contribution in [0.1, 0.15) is 22.2 Å². The van der Waals surface area contributed by atoms with Gasteiger partial charge in [-0.2, -0.15) is 0 Å². The van der Waals surface area contributed by atoms with Crippen molar-refractivity contribution < 1.29 is 9.47 Å². The zero-order chi connectivity index (χ0) is 14.9. The Kier molecular flexibility index (Phi) is 6.73. The van der Waals surface area contributed by atoms with E-state index in [2.05, 4.69) is 36.5 Å². The van der Waals surface area contributed by atoms with E-state index in [4.69, 9.17) is 9.47 Å². The number of aryl methyl sites for hydroxylation is 1. The lowest BCUT2D eigenvalue weighted by Crippen LogP contribution is -2.18. The first-order valence-corrected chi connectivity index (χ1v) is 8.12. The highest BCUT2D eigenvalue weighted by Gasteiger charge is 2.01. The summed E-state index contributed by atoms with van der Waals surface area (Å²) in [4.78, 5) is 2.68. The summed E-state index contributed by atoms with van der Waals surface area (Å²) >= 11 is 1.82. The van der Waals surface area contributed by atoms with E-state index in [1.54, 1.807) is 7.11 Å². The molecule has 1 aromatic carbocycles. The molecule has 4 heteroatoms. The molecule has 21 heavy (non-hydrogen) atoms. The maximum atomic E-state index is 5.88. The van der Waals surface area contributed by atoms with Crippen molar-refractivity contribution in [2.75, 3.05) is 20.3 Å². The lowest BCUT2D eigenvalue weighted by molar-refractivity contribution is 0.199. The van der Waals surface area contributed by atoms with Gasteiger partial charge in [0, 0.05) is 30.0 Å². The second kappa shape index (κ2) is 8.82. The van der Waals surface area contributed by atoms with Crippen LogP contribution in [0.5, 0.6) is 5.75 Å². The Morgan fingerprint density at radius 3 is 2.76 bits per heavy atom. The Labute approximate surface area is 130 Å². The predicted octanol–water partition coefficient (Wildman–Crippen LogP) is 3.63. The molecule has 0 radical (unpaired) electrons. The molecule has 2 rings (SSSR count). The van der Waals surface area contributed by atoms with Gasteiger partial charge in [-0.1, -0.05) is 19.1 Å². The average molecular weight is 305 g/mol. The number of thiophene rings is 1. The van der Waals surface area contributed by atoms with Crippen molar-refractivity contribution in [2.45, 2.75) is 26.5 Å². The first-order valence-electron chi connectivity index (χ1n) is 7.30. The third-order valence-corrected chi connectivity index (χ3v) is 4.36. The summed E-state index contributed by atoms with van der Waals surface area (Å²) in [5.41, 5.74) is 1.23. The van der Waals surface area contributed by atoms with Crippen LogP contribution in [0.3, 0.4) is 0 Å². The number of hydrogen-bond donors (Lipinski definition) is 1. The van der Waals surface area contributed by atoms with E-state index < -0.39 is 0 Å². The highest BCUT2D eigenvalue weighted by atomic mass is 32.1. The molecule has 1 aromatic heterocycles. The van der Waals surface area contributed by atoms with Crippen molar-refractivity contribution in [3.63, 3.8) is 0 Å². The molecule has 0 atom stereocenters. The van der Waals surface area contributed by atoms with E-state index in [1.165, 1.54) is 15.3 Å². The molecule has 0 amide bonds. The highest BCUT2D eigenvalue weighted by molar-refractivity contribution is 7.11. The molecule has 0 saturated carbocycles. The second-order valence-electron chi connectivity index (χ2n) is 4.83. The normalized spacial score (nSPS) is 10.8. The van der Waals surface area contributed by atoms with Crippen LogP contribution in [0, 0.1) is 0 Å². The largest absolute Gasteiger partial charge is 0.488 e. The van der Waals surface area contributed by atoms with Gasteiger partial charge in [0.15, 0.2) is 0 Å². The van der Waals surface area contributed by atoms with Gasteiger partial charge in [-0.15, -0.1) is 11.3 Å². The Morgan fingerprint density at radius 1 is 1.14 bits per heavy atom. The quantitative estimate of drug-likeness (QED) is 0.718. The molecule has 0 saturated heterocycles. The molecule has 0 aliphatic carbocycles. The van der Waals surface area contributed by atoms with E-state index in [0.717, 1.165) is 31.9 Å². The molecule has 1 heterocycles. The van der Waals surface area contributed by atoms with Crippen molar-refractivity contribution in [3.05, 3.63) is 51.7 Å². The summed E-state index contributed by atoms with van der Waals surface area (Å²) in [5, 5.41) is 3.34. The fraction of sp³-hybridized carbons (Fsp3) is 0.412. The average Bonchev–Trinajstić information content (AvgIpc) is 2.98. The molecule has 2 aromatic rings. The van der Waals surface area contributed by atoms with Crippen LogP contribution < -0.4 is 10.1 Å². The van der Waals surface area contributed by atoms with Gasteiger partial charge in [0.25, 0.3) is 0 Å². The van der Waals surface area contributed by atoms with E-state index >= 15 is 0 Å². The minimum atomic E-state index is 0.644. The zero-order valence-electron chi connectivity index (χ0n) is 12.7. The Bertz CT molecular complexity index is 539. The van der Waals surface area contributed by atoms with Crippen molar-refractivity contribution in [1.29, 1.82) is 0 Å². The minimum absolute atomic E-state index is 0.644. The van der Waals surface area contributed by atoms with Crippen LogP contribution >= 0.6 is 11.3 Å². The van der Waals surface area contributed by atoms with Crippen LogP contribution in [0.2, 0.25) is 0 Å². The molecule has 114 valence electrons. The Hall–Kier alpha value is -1.36. The topological polar surface area (TPSA) is 30.5 Å². The fourth-order valence-electron chi connectivity index (χ4n) is 2.00. The van der Waals surface area contributed by atoms with Crippen LogP contribution in [0.15, 0.2) is 36.4 Å². The summed E-state index contributed by atoms with van der Waals surface area (Å²) in [6.07, 6.45) is 1.09. The molecule has 0 spiro atoms. The summed E-state index contributed by atoms with van der Waals surface area (Å²) in [5.74, 6) is 0.924. The van der Waals surface area contributed by atoms with E-state index in [-0.39, 0.29) is 0 Å². The number of ether oxygens (including phenoxy) is 2. The number of methoxy groups -OCH3 is 1. The highest BCUT2D eigenvalue weighted by Crippen LogP contribution is 2.20. The van der Waals surface area contributed by atoms with Crippen molar-refractivity contribution in [3.8, 4) is 5.75 Å². The lowest BCUT2D eigenvalue weighted by Gasteiger charge is -2.08. The van der Waals surface area contributed by atoms with Gasteiger partial charge in [-0.05, 0) is 36.2 Å². The SMILES string of the molecule is CCc1ccc(COc2cccc(CNCCOC)c2)s1. The maximum absolute atomic E-state index is 5.88. The maximum Gasteiger partial charge on any atom is 0.122 e.